The molecule has 29 heavy (non-hydrogen) atoms. The summed E-state index contributed by atoms with van der Waals surface area (Å²) < 4.78 is 6.62. The molecule has 0 bridgehead atoms. The number of aryl methyl sites for hydroxylation is 1. The first-order valence-electron chi connectivity index (χ1n) is 8.84. The number of para-hydroxylation sites is 1. The third-order valence-electron chi connectivity index (χ3n) is 4.22. The zero-order valence-electron chi connectivity index (χ0n) is 15.7. The third-order valence-corrected chi connectivity index (χ3v) is 4.22. The minimum atomic E-state index is -0.611. The maximum absolute atomic E-state index is 12.9. The lowest BCUT2D eigenvalue weighted by atomic mass is 10.1. The quantitative estimate of drug-likeness (QED) is 0.516. The van der Waals surface area contributed by atoms with E-state index in [1.54, 1.807) is 55.5 Å². The summed E-state index contributed by atoms with van der Waals surface area (Å²) in [6.45, 7) is 1.60. The molecule has 3 rings (SSSR count). The van der Waals surface area contributed by atoms with Crippen molar-refractivity contribution in [2.75, 3.05) is 6.61 Å². The second-order valence-corrected chi connectivity index (χ2v) is 6.24. The van der Waals surface area contributed by atoms with Crippen LogP contribution in [-0.2, 0) is 0 Å². The Morgan fingerprint density at radius 3 is 2.66 bits per heavy atom. The van der Waals surface area contributed by atoms with Gasteiger partial charge in [0.05, 0.1) is 0 Å². The minimum absolute atomic E-state index is 0.0810. The molecule has 0 amide bonds. The zero-order valence-corrected chi connectivity index (χ0v) is 15.7. The topological polar surface area (TPSA) is 92.3 Å². The van der Waals surface area contributed by atoms with Crippen LogP contribution >= 0.6 is 0 Å². The molecule has 0 spiro atoms. The van der Waals surface area contributed by atoms with Crippen LogP contribution in [0.1, 0.15) is 21.6 Å². The number of ether oxygens (including phenoxy) is 1. The molecule has 0 unspecified atom stereocenters. The van der Waals surface area contributed by atoms with Crippen LogP contribution in [0.4, 0.5) is 0 Å². The Balaban J connectivity index is 1.95. The molecule has 0 aliphatic carbocycles. The molecule has 1 heterocycles. The van der Waals surface area contributed by atoms with Crippen LogP contribution in [0.15, 0.2) is 71.5 Å². The summed E-state index contributed by atoms with van der Waals surface area (Å²) in [7, 11) is 0. The van der Waals surface area contributed by atoms with Crippen molar-refractivity contribution in [1.82, 2.24) is 4.57 Å². The van der Waals surface area contributed by atoms with Crippen molar-refractivity contribution in [1.29, 1.82) is 5.26 Å². The minimum Gasteiger partial charge on any atom is -0.507 e. The van der Waals surface area contributed by atoms with Gasteiger partial charge in [-0.15, -0.1) is 0 Å². The van der Waals surface area contributed by atoms with Crippen LogP contribution in [0, 0.1) is 18.3 Å². The number of aromatic nitrogens is 1. The average Bonchev–Trinajstić information content (AvgIpc) is 2.71. The number of hydrogen-bond acceptors (Lipinski definition) is 5. The van der Waals surface area contributed by atoms with Gasteiger partial charge in [0.2, 0.25) is 0 Å². The van der Waals surface area contributed by atoms with Crippen molar-refractivity contribution in [3.05, 3.63) is 93.9 Å². The van der Waals surface area contributed by atoms with E-state index in [2.05, 4.69) is 0 Å². The highest BCUT2D eigenvalue weighted by Gasteiger charge is 2.18. The lowest BCUT2D eigenvalue weighted by molar-refractivity contribution is 0.104. The standard InChI is InChI=1S/C23H18N2O4/c1-16-14-21(27)22(23(28)25(16)18-7-3-2-4-8-18)20(26)11-10-17-6-5-9-19(15-17)29-13-12-24/h2-11,14-15,27H,13H2,1H3. The largest absolute Gasteiger partial charge is 0.507 e. The van der Waals surface area contributed by atoms with E-state index in [0.717, 1.165) is 0 Å². The normalized spacial score (nSPS) is 10.6. The molecular formula is C23H18N2O4. The van der Waals surface area contributed by atoms with Gasteiger partial charge in [-0.2, -0.15) is 5.26 Å². The Labute approximate surface area is 167 Å². The zero-order chi connectivity index (χ0) is 20.8. The summed E-state index contributed by atoms with van der Waals surface area (Å²) in [5.41, 5.74) is 0.891. The molecule has 0 saturated heterocycles. The molecule has 0 radical (unpaired) electrons. The fourth-order valence-corrected chi connectivity index (χ4v) is 2.92. The SMILES string of the molecule is Cc1cc(O)c(C(=O)C=Cc2cccc(OCC#N)c2)c(=O)n1-c1ccccc1. The number of carbonyl (C=O) groups excluding carboxylic acids is 1. The molecule has 6 heteroatoms. The number of nitrogens with zero attached hydrogens (tertiary/aromatic N) is 2. The monoisotopic (exact) mass is 386 g/mol. The van der Waals surface area contributed by atoms with E-state index < -0.39 is 11.3 Å². The van der Waals surface area contributed by atoms with Gasteiger partial charge >= 0.3 is 0 Å². The number of hydrogen-bond donors (Lipinski definition) is 1. The Morgan fingerprint density at radius 1 is 1.17 bits per heavy atom. The first kappa shape index (κ1) is 19.6. The van der Waals surface area contributed by atoms with Crippen LogP contribution in [0.25, 0.3) is 11.8 Å². The molecular weight excluding hydrogens is 368 g/mol. The third kappa shape index (κ3) is 4.42. The van der Waals surface area contributed by atoms with Gasteiger partial charge in [-0.1, -0.05) is 36.4 Å². The molecule has 1 N–H and O–H groups in total. The number of carbonyl (C=O) groups is 1. The van der Waals surface area contributed by atoms with Gasteiger partial charge in [0.1, 0.15) is 23.1 Å². The van der Waals surface area contributed by atoms with Gasteiger partial charge in [0.25, 0.3) is 5.56 Å². The van der Waals surface area contributed by atoms with Crippen molar-refractivity contribution in [3.63, 3.8) is 0 Å². The average molecular weight is 386 g/mol. The fourth-order valence-electron chi connectivity index (χ4n) is 2.92. The molecule has 1 aromatic heterocycles. The Kier molecular flexibility index (Phi) is 5.91. The van der Waals surface area contributed by atoms with Gasteiger partial charge in [-0.3, -0.25) is 14.2 Å². The summed E-state index contributed by atoms with van der Waals surface area (Å²) in [4.78, 5) is 25.6. The van der Waals surface area contributed by atoms with Crippen molar-refractivity contribution in [2.45, 2.75) is 6.92 Å². The second kappa shape index (κ2) is 8.72. The van der Waals surface area contributed by atoms with Gasteiger partial charge in [-0.25, -0.2) is 0 Å². The molecule has 2 aromatic carbocycles. The molecule has 144 valence electrons. The van der Waals surface area contributed by atoms with Gasteiger partial charge in [0.15, 0.2) is 12.4 Å². The number of pyridine rings is 1. The van der Waals surface area contributed by atoms with Crippen molar-refractivity contribution in [3.8, 4) is 23.3 Å². The maximum atomic E-state index is 12.9. The van der Waals surface area contributed by atoms with Crippen molar-refractivity contribution >= 4 is 11.9 Å². The highest BCUT2D eigenvalue weighted by molar-refractivity contribution is 6.08. The number of benzene rings is 2. The van der Waals surface area contributed by atoms with Crippen LogP contribution in [0.3, 0.4) is 0 Å². The highest BCUT2D eigenvalue weighted by Crippen LogP contribution is 2.20. The van der Waals surface area contributed by atoms with E-state index in [0.29, 0.717) is 22.7 Å². The lowest BCUT2D eigenvalue weighted by Crippen LogP contribution is -2.26. The maximum Gasteiger partial charge on any atom is 0.270 e. The van der Waals surface area contributed by atoms with E-state index in [-0.39, 0.29) is 17.9 Å². The molecule has 0 atom stereocenters. The number of ketones is 1. The predicted octanol–water partition coefficient (Wildman–Crippen LogP) is 3.65. The van der Waals surface area contributed by atoms with Crippen molar-refractivity contribution in [2.24, 2.45) is 0 Å². The summed E-state index contributed by atoms with van der Waals surface area (Å²) in [5, 5.41) is 18.8. The van der Waals surface area contributed by atoms with E-state index in [1.807, 2.05) is 12.1 Å². The van der Waals surface area contributed by atoms with Crippen LogP contribution < -0.4 is 10.3 Å². The van der Waals surface area contributed by atoms with Crippen LogP contribution in [0.5, 0.6) is 11.5 Å². The predicted molar refractivity (Wildman–Crippen MR) is 109 cm³/mol. The highest BCUT2D eigenvalue weighted by atomic mass is 16.5. The summed E-state index contributed by atoms with van der Waals surface area (Å²) in [6, 6.07) is 19.0. The molecule has 0 saturated carbocycles. The number of rotatable bonds is 6. The lowest BCUT2D eigenvalue weighted by Gasteiger charge is -2.12. The molecule has 6 nitrogen and oxygen atoms in total. The summed E-state index contributed by atoms with van der Waals surface area (Å²) in [6.07, 6.45) is 2.75. The van der Waals surface area contributed by atoms with E-state index in [4.69, 9.17) is 10.00 Å². The number of nitriles is 1. The van der Waals surface area contributed by atoms with Gasteiger partial charge in [-0.05, 0) is 42.8 Å². The van der Waals surface area contributed by atoms with Crippen molar-refractivity contribution < 1.29 is 14.6 Å². The summed E-state index contributed by atoms with van der Waals surface area (Å²) >= 11 is 0. The summed E-state index contributed by atoms with van der Waals surface area (Å²) in [5.74, 6) is -0.480. The smallest absolute Gasteiger partial charge is 0.270 e. The number of aromatic hydroxyl groups is 1. The second-order valence-electron chi connectivity index (χ2n) is 6.24. The Hall–Kier alpha value is -4.11. The van der Waals surface area contributed by atoms with E-state index >= 15 is 0 Å². The van der Waals surface area contributed by atoms with Gasteiger partial charge < -0.3 is 9.84 Å². The van der Waals surface area contributed by atoms with Crippen LogP contribution in [-0.4, -0.2) is 22.1 Å². The molecule has 0 aliphatic rings. The fraction of sp³-hybridized carbons (Fsp3) is 0.0870. The Bertz CT molecular complexity index is 1170. The molecule has 0 aliphatic heterocycles. The Morgan fingerprint density at radius 2 is 1.93 bits per heavy atom. The van der Waals surface area contributed by atoms with Crippen LogP contribution in [0.2, 0.25) is 0 Å². The number of allylic oxidation sites excluding steroid dienone is 1. The van der Waals surface area contributed by atoms with E-state index in [1.165, 1.54) is 22.8 Å². The van der Waals surface area contributed by atoms with E-state index in [9.17, 15) is 14.7 Å². The molecule has 3 aromatic rings. The molecule has 0 fully saturated rings. The first-order chi connectivity index (χ1) is 14.0. The first-order valence-corrected chi connectivity index (χ1v) is 8.84. The van der Waals surface area contributed by atoms with Gasteiger partial charge in [0, 0.05) is 17.4 Å².